The molecule has 0 saturated carbocycles. The third-order valence-electron chi connectivity index (χ3n) is 5.72. The average molecular weight is 463 g/mol. The van der Waals surface area contributed by atoms with Gasteiger partial charge in [-0.25, -0.2) is 0 Å². The quantitative estimate of drug-likeness (QED) is 0.297. The standard InChI is InChI=1S/C29H22N2S2/c1-20-28(18-24(32-20)8-6-22-10-14-30-15-11-22)26-4-3-5-27(26)29-19-25(33-21(29)2)9-7-23-12-16-31-17-13-23/h10-19H,3-5H2,1-2H3. The van der Waals surface area contributed by atoms with E-state index in [0.29, 0.717) is 0 Å². The number of hydrogen-bond donors (Lipinski definition) is 0. The van der Waals surface area contributed by atoms with Gasteiger partial charge in [-0.3, -0.25) is 9.97 Å². The molecule has 4 aromatic rings. The van der Waals surface area contributed by atoms with Gasteiger partial charge >= 0.3 is 0 Å². The first-order chi connectivity index (χ1) is 16.2. The van der Waals surface area contributed by atoms with Crippen molar-refractivity contribution in [3.63, 3.8) is 0 Å². The number of allylic oxidation sites excluding steroid dienone is 2. The lowest BCUT2D eigenvalue weighted by atomic mass is 9.97. The maximum atomic E-state index is 4.06. The van der Waals surface area contributed by atoms with Gasteiger partial charge in [-0.15, -0.1) is 22.7 Å². The number of aryl methyl sites for hydroxylation is 2. The molecule has 0 bridgehead atoms. The molecule has 1 aliphatic carbocycles. The van der Waals surface area contributed by atoms with Gasteiger partial charge in [-0.2, -0.15) is 0 Å². The van der Waals surface area contributed by atoms with Gasteiger partial charge in [0.1, 0.15) is 0 Å². The summed E-state index contributed by atoms with van der Waals surface area (Å²) < 4.78 is 0. The first-order valence-corrected chi connectivity index (χ1v) is 12.6. The summed E-state index contributed by atoms with van der Waals surface area (Å²) in [6.45, 7) is 4.43. The van der Waals surface area contributed by atoms with Crippen LogP contribution in [0.3, 0.4) is 0 Å². The van der Waals surface area contributed by atoms with E-state index < -0.39 is 0 Å². The molecule has 1 aliphatic rings. The Hall–Kier alpha value is -3.44. The van der Waals surface area contributed by atoms with Gasteiger partial charge in [-0.1, -0.05) is 23.7 Å². The molecule has 2 nitrogen and oxygen atoms in total. The summed E-state index contributed by atoms with van der Waals surface area (Å²) in [4.78, 5) is 13.0. The van der Waals surface area contributed by atoms with Gasteiger partial charge in [0.15, 0.2) is 0 Å². The van der Waals surface area contributed by atoms with E-state index in [2.05, 4.69) is 59.6 Å². The highest BCUT2D eigenvalue weighted by Crippen LogP contribution is 2.44. The van der Waals surface area contributed by atoms with E-state index in [1.807, 2.05) is 24.3 Å². The van der Waals surface area contributed by atoms with Crippen molar-refractivity contribution in [2.45, 2.75) is 33.1 Å². The summed E-state index contributed by atoms with van der Waals surface area (Å²) >= 11 is 3.57. The zero-order chi connectivity index (χ0) is 22.6. The van der Waals surface area contributed by atoms with Crippen LogP contribution in [-0.4, -0.2) is 9.97 Å². The first kappa shape index (κ1) is 21.4. The van der Waals surface area contributed by atoms with E-state index in [1.54, 1.807) is 47.5 Å². The molecule has 0 N–H and O–H groups in total. The summed E-state index contributed by atoms with van der Waals surface area (Å²) in [7, 11) is 0. The molecule has 0 aliphatic heterocycles. The third kappa shape index (κ3) is 4.83. The molecule has 33 heavy (non-hydrogen) atoms. The highest BCUT2D eigenvalue weighted by molar-refractivity contribution is 7.13. The second-order valence-corrected chi connectivity index (χ2v) is 10.5. The molecule has 0 fully saturated rings. The van der Waals surface area contributed by atoms with Gasteiger partial charge in [0, 0.05) is 45.7 Å². The van der Waals surface area contributed by atoms with Gasteiger partial charge in [0.25, 0.3) is 0 Å². The Balaban J connectivity index is 1.47. The summed E-state index contributed by atoms with van der Waals surface area (Å²) in [6, 6.07) is 12.3. The highest BCUT2D eigenvalue weighted by atomic mass is 32.1. The van der Waals surface area contributed by atoms with E-state index in [-0.39, 0.29) is 0 Å². The van der Waals surface area contributed by atoms with Crippen LogP contribution in [0.2, 0.25) is 0 Å². The molecule has 0 radical (unpaired) electrons. The van der Waals surface area contributed by atoms with Crippen LogP contribution in [-0.2, 0) is 0 Å². The van der Waals surface area contributed by atoms with Crippen LogP contribution in [0.1, 0.15) is 61.0 Å². The highest BCUT2D eigenvalue weighted by Gasteiger charge is 2.22. The van der Waals surface area contributed by atoms with Crippen molar-refractivity contribution in [3.8, 4) is 23.7 Å². The third-order valence-corrected chi connectivity index (χ3v) is 7.66. The lowest BCUT2D eigenvalue weighted by Crippen LogP contribution is -1.86. The second kappa shape index (κ2) is 9.59. The molecule has 0 spiro atoms. The summed E-state index contributed by atoms with van der Waals surface area (Å²) in [5.41, 5.74) is 7.67. The summed E-state index contributed by atoms with van der Waals surface area (Å²) in [5.74, 6) is 13.2. The fourth-order valence-corrected chi connectivity index (χ4v) is 5.96. The molecule has 0 amide bonds. The Bertz CT molecular complexity index is 1340. The van der Waals surface area contributed by atoms with Crippen LogP contribution >= 0.6 is 22.7 Å². The van der Waals surface area contributed by atoms with E-state index in [9.17, 15) is 0 Å². The van der Waals surface area contributed by atoms with Crippen molar-refractivity contribution >= 4 is 33.8 Å². The molecule has 4 aromatic heterocycles. The SMILES string of the molecule is Cc1sc(C#Cc2ccncc2)cc1C1=C(c2cc(C#Cc3ccncc3)sc2C)CCC1. The zero-order valence-corrected chi connectivity index (χ0v) is 20.2. The van der Waals surface area contributed by atoms with Crippen LogP contribution in [0.5, 0.6) is 0 Å². The predicted molar refractivity (Wildman–Crippen MR) is 139 cm³/mol. The monoisotopic (exact) mass is 462 g/mol. The minimum atomic E-state index is 0.993. The van der Waals surface area contributed by atoms with Crippen molar-refractivity contribution in [1.82, 2.24) is 9.97 Å². The van der Waals surface area contributed by atoms with Crippen LogP contribution in [0.15, 0.2) is 61.2 Å². The van der Waals surface area contributed by atoms with Crippen LogP contribution in [0.25, 0.3) is 11.1 Å². The minimum Gasteiger partial charge on any atom is -0.265 e. The molecule has 0 aromatic carbocycles. The van der Waals surface area contributed by atoms with Gasteiger partial charge in [-0.05, 0) is 91.8 Å². The predicted octanol–water partition coefficient (Wildman–Crippen LogP) is 7.11. The number of hydrogen-bond acceptors (Lipinski definition) is 4. The maximum Gasteiger partial charge on any atom is 0.0781 e. The van der Waals surface area contributed by atoms with Crippen molar-refractivity contribution < 1.29 is 0 Å². The van der Waals surface area contributed by atoms with Crippen LogP contribution in [0, 0.1) is 37.5 Å². The number of thiophene rings is 2. The topological polar surface area (TPSA) is 25.8 Å². The average Bonchev–Trinajstić information content (AvgIpc) is 3.55. The fourth-order valence-electron chi connectivity index (χ4n) is 4.16. The largest absolute Gasteiger partial charge is 0.265 e. The van der Waals surface area contributed by atoms with E-state index in [1.165, 1.54) is 38.4 Å². The summed E-state index contributed by atoms with van der Waals surface area (Å²) in [6.07, 6.45) is 10.6. The molecule has 0 saturated heterocycles. The molecule has 4 heteroatoms. The molecule has 5 rings (SSSR count). The summed E-state index contributed by atoms with van der Waals surface area (Å²) in [5, 5.41) is 0. The van der Waals surface area contributed by atoms with Crippen molar-refractivity contribution in [3.05, 3.63) is 103 Å². The molecule has 0 atom stereocenters. The van der Waals surface area contributed by atoms with E-state index >= 15 is 0 Å². The molecular formula is C29H22N2S2. The van der Waals surface area contributed by atoms with Crippen molar-refractivity contribution in [2.24, 2.45) is 0 Å². The van der Waals surface area contributed by atoms with Crippen molar-refractivity contribution in [2.75, 3.05) is 0 Å². The second-order valence-electron chi connectivity index (χ2n) is 7.94. The lowest BCUT2D eigenvalue weighted by Gasteiger charge is -2.07. The van der Waals surface area contributed by atoms with Gasteiger partial charge < -0.3 is 0 Å². The first-order valence-electron chi connectivity index (χ1n) is 10.9. The smallest absolute Gasteiger partial charge is 0.0781 e. The normalized spacial score (nSPS) is 12.8. The van der Waals surface area contributed by atoms with Crippen molar-refractivity contribution in [1.29, 1.82) is 0 Å². The van der Waals surface area contributed by atoms with Gasteiger partial charge in [0.2, 0.25) is 0 Å². The Morgan fingerprint density at radius 3 is 1.48 bits per heavy atom. The minimum absolute atomic E-state index is 0.993. The maximum absolute atomic E-state index is 4.06. The Morgan fingerprint density at radius 2 is 1.06 bits per heavy atom. The van der Waals surface area contributed by atoms with Gasteiger partial charge in [0.05, 0.1) is 9.75 Å². The number of aromatic nitrogens is 2. The van der Waals surface area contributed by atoms with E-state index in [4.69, 9.17) is 0 Å². The fraction of sp³-hybridized carbons (Fsp3) is 0.172. The number of pyridine rings is 2. The molecule has 160 valence electrons. The molecule has 4 heterocycles. The molecular weight excluding hydrogens is 440 g/mol. The number of nitrogens with zero attached hydrogens (tertiary/aromatic N) is 2. The lowest BCUT2D eigenvalue weighted by molar-refractivity contribution is 0.941. The Labute approximate surface area is 203 Å². The van der Waals surface area contributed by atoms with E-state index in [0.717, 1.165) is 33.7 Å². The zero-order valence-electron chi connectivity index (χ0n) is 18.6. The number of rotatable bonds is 2. The Morgan fingerprint density at radius 1 is 0.636 bits per heavy atom. The Kier molecular flexibility index (Phi) is 6.22. The van der Waals surface area contributed by atoms with Crippen LogP contribution in [0.4, 0.5) is 0 Å². The van der Waals surface area contributed by atoms with Crippen LogP contribution < -0.4 is 0 Å². The molecule has 0 unspecified atom stereocenters.